The lowest BCUT2D eigenvalue weighted by molar-refractivity contribution is -0.138. The number of nitrogens with zero attached hydrogens (tertiary/aromatic N) is 2. The van der Waals surface area contributed by atoms with E-state index in [0.717, 1.165) is 33.7 Å². The highest BCUT2D eigenvalue weighted by molar-refractivity contribution is 7.99. The van der Waals surface area contributed by atoms with Gasteiger partial charge in [0.25, 0.3) is 0 Å². The van der Waals surface area contributed by atoms with Gasteiger partial charge in [-0.25, -0.2) is 4.68 Å². The summed E-state index contributed by atoms with van der Waals surface area (Å²) in [7, 11) is 0. The maximum absolute atomic E-state index is 12.8. The Hall–Kier alpha value is -3.20. The molecule has 1 N–H and O–H groups in total. The van der Waals surface area contributed by atoms with Gasteiger partial charge in [0.15, 0.2) is 0 Å². The summed E-state index contributed by atoms with van der Waals surface area (Å²) in [5, 5.41) is 14.3. The molecule has 0 aliphatic carbocycles. The van der Waals surface area contributed by atoms with Gasteiger partial charge >= 0.3 is 12.1 Å². The number of carbonyl (C=O) groups is 1. The molecule has 4 aromatic rings. The van der Waals surface area contributed by atoms with Crippen LogP contribution in [0.4, 0.5) is 13.2 Å². The first kappa shape index (κ1) is 22.0. The van der Waals surface area contributed by atoms with E-state index in [0.29, 0.717) is 16.8 Å². The fraction of sp³-hybridized carbons (Fsp3) is 0.217. The number of rotatable bonds is 6. The van der Waals surface area contributed by atoms with Crippen molar-refractivity contribution < 1.29 is 27.5 Å². The zero-order valence-corrected chi connectivity index (χ0v) is 18.0. The largest absolute Gasteiger partial charge is 0.481 e. The molecule has 0 aliphatic rings. The minimum absolute atomic E-state index is 0.0177. The smallest absolute Gasteiger partial charge is 0.416 e. The van der Waals surface area contributed by atoms with Crippen LogP contribution in [0.1, 0.15) is 34.6 Å². The summed E-state index contributed by atoms with van der Waals surface area (Å²) in [5.74, 6) is -0.916. The van der Waals surface area contributed by atoms with Crippen molar-refractivity contribution in [2.24, 2.45) is 0 Å². The minimum atomic E-state index is -4.38. The Kier molecular flexibility index (Phi) is 5.77. The first-order valence-corrected chi connectivity index (χ1v) is 10.6. The summed E-state index contributed by atoms with van der Waals surface area (Å²) in [6.07, 6.45) is -1.18. The molecule has 0 radical (unpaired) electrons. The monoisotopic (exact) mass is 460 g/mol. The van der Waals surface area contributed by atoms with Crippen molar-refractivity contribution in [2.75, 3.05) is 0 Å². The molecule has 0 amide bonds. The van der Waals surface area contributed by atoms with Crippen molar-refractivity contribution in [2.45, 2.75) is 36.6 Å². The van der Waals surface area contributed by atoms with E-state index in [-0.39, 0.29) is 11.7 Å². The molecule has 2 aromatic heterocycles. The maximum atomic E-state index is 12.8. The SMILES string of the molecule is Cc1nn(-c2ccc(C(F)(F)F)cc2)cc1C(C)Sc1ccc2c(CC(=O)O)coc2c1. The van der Waals surface area contributed by atoms with Crippen LogP contribution in [0.15, 0.2) is 64.2 Å². The summed E-state index contributed by atoms with van der Waals surface area (Å²) in [6, 6.07) is 10.5. The third kappa shape index (κ3) is 4.52. The van der Waals surface area contributed by atoms with E-state index in [1.165, 1.54) is 18.4 Å². The number of carboxylic acids is 1. The van der Waals surface area contributed by atoms with E-state index in [1.54, 1.807) is 16.4 Å². The van der Waals surface area contributed by atoms with Crippen LogP contribution in [0.5, 0.6) is 0 Å². The van der Waals surface area contributed by atoms with E-state index in [4.69, 9.17) is 9.52 Å². The predicted octanol–water partition coefficient (Wildman–Crippen LogP) is 6.43. The molecule has 5 nitrogen and oxygen atoms in total. The Bertz CT molecular complexity index is 1280. The maximum Gasteiger partial charge on any atom is 0.416 e. The molecule has 166 valence electrons. The van der Waals surface area contributed by atoms with Crippen LogP contribution in [0.2, 0.25) is 0 Å². The summed E-state index contributed by atoms with van der Waals surface area (Å²) in [4.78, 5) is 11.9. The van der Waals surface area contributed by atoms with Crippen LogP contribution >= 0.6 is 11.8 Å². The van der Waals surface area contributed by atoms with Crippen molar-refractivity contribution in [1.82, 2.24) is 9.78 Å². The van der Waals surface area contributed by atoms with Crippen molar-refractivity contribution >= 4 is 28.7 Å². The number of furan rings is 1. The van der Waals surface area contributed by atoms with E-state index in [9.17, 15) is 18.0 Å². The molecule has 1 unspecified atom stereocenters. The number of carboxylic acid groups (broad SMARTS) is 1. The second-order valence-corrected chi connectivity index (χ2v) is 8.82. The van der Waals surface area contributed by atoms with E-state index in [1.807, 2.05) is 38.2 Å². The minimum Gasteiger partial charge on any atom is -0.481 e. The molecular weight excluding hydrogens is 441 g/mol. The Labute approximate surface area is 185 Å². The van der Waals surface area contributed by atoms with Gasteiger partial charge < -0.3 is 9.52 Å². The second-order valence-electron chi connectivity index (χ2n) is 7.41. The van der Waals surface area contributed by atoms with Crippen LogP contribution < -0.4 is 0 Å². The zero-order valence-electron chi connectivity index (χ0n) is 17.2. The topological polar surface area (TPSA) is 68.3 Å². The van der Waals surface area contributed by atoms with Crippen LogP contribution in [-0.2, 0) is 17.4 Å². The van der Waals surface area contributed by atoms with E-state index >= 15 is 0 Å². The van der Waals surface area contributed by atoms with Crippen LogP contribution in [0, 0.1) is 6.92 Å². The third-order valence-corrected chi connectivity index (χ3v) is 6.25. The lowest BCUT2D eigenvalue weighted by Crippen LogP contribution is -2.05. The standard InChI is InChI=1S/C23H19F3N2O3S/c1-13-20(11-28(27-13)17-5-3-16(4-6-17)23(24,25)26)14(2)32-18-7-8-19-15(9-22(29)30)12-31-21(19)10-18/h3-8,10-12,14H,9H2,1-2H3,(H,29,30). The highest BCUT2D eigenvalue weighted by Crippen LogP contribution is 2.38. The molecule has 9 heteroatoms. The summed E-state index contributed by atoms with van der Waals surface area (Å²) < 4.78 is 45.5. The third-order valence-electron chi connectivity index (χ3n) is 5.12. The number of hydrogen-bond acceptors (Lipinski definition) is 4. The Balaban J connectivity index is 1.53. The normalized spacial score (nSPS) is 12.9. The second kappa shape index (κ2) is 8.38. The van der Waals surface area contributed by atoms with Gasteiger partial charge in [-0.05, 0) is 56.3 Å². The summed E-state index contributed by atoms with van der Waals surface area (Å²) in [6.45, 7) is 3.88. The number of hydrogen-bond donors (Lipinski definition) is 1. The van der Waals surface area contributed by atoms with E-state index in [2.05, 4.69) is 5.10 Å². The fourth-order valence-electron chi connectivity index (χ4n) is 3.51. The number of aromatic nitrogens is 2. The molecule has 1 atom stereocenters. The van der Waals surface area contributed by atoms with Crippen LogP contribution in [0.25, 0.3) is 16.7 Å². The molecule has 0 aliphatic heterocycles. The van der Waals surface area contributed by atoms with Gasteiger partial charge in [-0.2, -0.15) is 18.3 Å². The van der Waals surface area contributed by atoms with Gasteiger partial charge in [-0.1, -0.05) is 0 Å². The van der Waals surface area contributed by atoms with Gasteiger partial charge in [0.1, 0.15) is 5.58 Å². The van der Waals surface area contributed by atoms with Crippen molar-refractivity contribution in [3.63, 3.8) is 0 Å². The zero-order chi connectivity index (χ0) is 23.0. The molecule has 32 heavy (non-hydrogen) atoms. The molecule has 0 bridgehead atoms. The molecular formula is C23H19F3N2O3S. The van der Waals surface area contributed by atoms with Gasteiger partial charge in [-0.15, -0.1) is 11.8 Å². The highest BCUT2D eigenvalue weighted by Gasteiger charge is 2.30. The van der Waals surface area contributed by atoms with Crippen LogP contribution in [-0.4, -0.2) is 20.9 Å². The van der Waals surface area contributed by atoms with Crippen molar-refractivity contribution in [3.8, 4) is 5.69 Å². The predicted molar refractivity (Wildman–Crippen MR) is 115 cm³/mol. The number of thioether (sulfide) groups is 1. The number of benzene rings is 2. The van der Waals surface area contributed by atoms with Gasteiger partial charge in [0.05, 0.1) is 29.6 Å². The van der Waals surface area contributed by atoms with Crippen molar-refractivity contribution in [3.05, 3.63) is 77.3 Å². The summed E-state index contributed by atoms with van der Waals surface area (Å²) >= 11 is 1.58. The Morgan fingerprint density at radius 1 is 1.22 bits per heavy atom. The van der Waals surface area contributed by atoms with Crippen molar-refractivity contribution in [1.29, 1.82) is 0 Å². The number of aliphatic carboxylic acids is 1. The molecule has 0 saturated carbocycles. The average molecular weight is 460 g/mol. The molecule has 2 heterocycles. The van der Waals surface area contributed by atoms with Gasteiger partial charge in [-0.3, -0.25) is 4.79 Å². The number of halogens is 3. The van der Waals surface area contributed by atoms with Crippen LogP contribution in [0.3, 0.4) is 0 Å². The fourth-order valence-corrected chi connectivity index (χ4v) is 4.60. The first-order valence-electron chi connectivity index (χ1n) is 9.74. The number of fused-ring (bicyclic) bond motifs is 1. The number of alkyl halides is 3. The highest BCUT2D eigenvalue weighted by atomic mass is 32.2. The molecule has 2 aromatic carbocycles. The molecule has 0 saturated heterocycles. The Morgan fingerprint density at radius 2 is 1.94 bits per heavy atom. The van der Waals surface area contributed by atoms with Gasteiger partial charge in [0.2, 0.25) is 0 Å². The molecule has 0 spiro atoms. The lowest BCUT2D eigenvalue weighted by atomic mass is 10.1. The first-order chi connectivity index (χ1) is 15.1. The van der Waals surface area contributed by atoms with E-state index < -0.39 is 17.7 Å². The quantitative estimate of drug-likeness (QED) is 0.336. The Morgan fingerprint density at radius 3 is 2.59 bits per heavy atom. The molecule has 4 rings (SSSR count). The number of aryl methyl sites for hydroxylation is 1. The lowest BCUT2D eigenvalue weighted by Gasteiger charge is -2.10. The summed E-state index contributed by atoms with van der Waals surface area (Å²) in [5.41, 5.74) is 2.84. The average Bonchev–Trinajstić information content (AvgIpc) is 3.30. The van der Waals surface area contributed by atoms with Gasteiger partial charge in [0, 0.05) is 32.9 Å². The molecule has 0 fully saturated rings.